The highest BCUT2D eigenvalue weighted by Crippen LogP contribution is 2.23. The van der Waals surface area contributed by atoms with Crippen LogP contribution in [0.2, 0.25) is 0 Å². The molecule has 0 fully saturated rings. The summed E-state index contributed by atoms with van der Waals surface area (Å²) in [5, 5.41) is 12.8. The van der Waals surface area contributed by atoms with Gasteiger partial charge in [-0.3, -0.25) is 4.79 Å². The molecule has 1 unspecified atom stereocenters. The molecule has 0 spiro atoms. The third-order valence-corrected chi connectivity index (χ3v) is 3.48. The van der Waals surface area contributed by atoms with Crippen molar-refractivity contribution in [1.29, 1.82) is 0 Å². The van der Waals surface area contributed by atoms with Gasteiger partial charge >= 0.3 is 5.97 Å². The van der Waals surface area contributed by atoms with Gasteiger partial charge in [0.15, 0.2) is 0 Å². The highest BCUT2D eigenvalue weighted by atomic mass is 32.1. The first-order valence-corrected chi connectivity index (χ1v) is 6.48. The lowest BCUT2D eigenvalue weighted by molar-refractivity contribution is -0.307. The molecule has 4 nitrogen and oxygen atoms in total. The van der Waals surface area contributed by atoms with Gasteiger partial charge in [0.25, 0.3) is 0 Å². The fraction of sp³-hybridized carbons (Fsp3) is 0.143. The number of esters is 1. The first kappa shape index (κ1) is 13.3. The molecule has 0 aliphatic rings. The summed E-state index contributed by atoms with van der Waals surface area (Å²) in [6.45, 7) is 1.90. The first-order chi connectivity index (χ1) is 9.08. The van der Waals surface area contributed by atoms with E-state index in [9.17, 15) is 14.7 Å². The van der Waals surface area contributed by atoms with Crippen molar-refractivity contribution in [3.63, 3.8) is 0 Å². The molecule has 0 N–H and O–H groups in total. The summed E-state index contributed by atoms with van der Waals surface area (Å²) in [5.74, 6) is -3.37. The Bertz CT molecular complexity index is 572. The molecule has 0 aliphatic heterocycles. The molecule has 5 heteroatoms. The Kier molecular flexibility index (Phi) is 3.97. The third kappa shape index (κ3) is 3.20. The fourth-order valence-electron chi connectivity index (χ4n) is 1.57. The predicted molar refractivity (Wildman–Crippen MR) is 68.9 cm³/mol. The number of carboxylic acid groups (broad SMARTS) is 1. The molecule has 1 aromatic heterocycles. The fourth-order valence-corrected chi connectivity index (χ4v) is 2.37. The molecule has 0 aliphatic carbocycles. The number of carbonyl (C=O) groups is 2. The van der Waals surface area contributed by atoms with Gasteiger partial charge in [-0.25, -0.2) is 0 Å². The number of benzene rings is 1. The number of carboxylic acids is 1. The van der Waals surface area contributed by atoms with Crippen molar-refractivity contribution in [2.24, 2.45) is 0 Å². The summed E-state index contributed by atoms with van der Waals surface area (Å²) < 4.78 is 5.06. The Morgan fingerprint density at radius 1 is 1.21 bits per heavy atom. The second kappa shape index (κ2) is 5.67. The van der Waals surface area contributed by atoms with Gasteiger partial charge in [0.2, 0.25) is 0 Å². The molecular formula is C14H11O4S-. The van der Waals surface area contributed by atoms with Crippen LogP contribution in [-0.2, 0) is 9.59 Å². The van der Waals surface area contributed by atoms with Crippen LogP contribution in [0.1, 0.15) is 16.4 Å². The maximum atomic E-state index is 11.9. The molecule has 1 atom stereocenters. The number of ether oxygens (including phenoxy) is 1. The maximum Gasteiger partial charge on any atom is 0.325 e. The van der Waals surface area contributed by atoms with Crippen molar-refractivity contribution in [3.05, 3.63) is 52.2 Å². The van der Waals surface area contributed by atoms with E-state index in [0.717, 1.165) is 5.56 Å². The largest absolute Gasteiger partial charge is 0.549 e. The van der Waals surface area contributed by atoms with E-state index in [1.807, 2.05) is 6.92 Å². The van der Waals surface area contributed by atoms with E-state index in [2.05, 4.69) is 0 Å². The van der Waals surface area contributed by atoms with E-state index >= 15 is 0 Å². The Labute approximate surface area is 114 Å². The molecule has 2 aromatic rings. The highest BCUT2D eigenvalue weighted by molar-refractivity contribution is 7.10. The zero-order valence-corrected chi connectivity index (χ0v) is 11.0. The molecule has 1 aromatic carbocycles. The normalized spacial score (nSPS) is 11.8. The van der Waals surface area contributed by atoms with Crippen molar-refractivity contribution >= 4 is 23.3 Å². The molecule has 0 bridgehead atoms. The smallest absolute Gasteiger partial charge is 0.325 e. The quantitative estimate of drug-likeness (QED) is 0.482. The Morgan fingerprint density at radius 2 is 1.89 bits per heavy atom. The van der Waals surface area contributed by atoms with Crippen LogP contribution in [0, 0.1) is 6.92 Å². The van der Waals surface area contributed by atoms with Crippen LogP contribution in [0.5, 0.6) is 5.75 Å². The van der Waals surface area contributed by atoms with E-state index in [1.54, 1.807) is 41.8 Å². The van der Waals surface area contributed by atoms with Gasteiger partial charge in [-0.05, 0) is 30.5 Å². The minimum Gasteiger partial charge on any atom is -0.549 e. The van der Waals surface area contributed by atoms with Gasteiger partial charge in [-0.1, -0.05) is 23.8 Å². The average molecular weight is 275 g/mol. The van der Waals surface area contributed by atoms with Gasteiger partial charge < -0.3 is 14.6 Å². The summed E-state index contributed by atoms with van der Waals surface area (Å²) >= 11 is 1.18. The number of aryl methyl sites for hydroxylation is 1. The lowest BCUT2D eigenvalue weighted by Crippen LogP contribution is -2.36. The molecule has 2 rings (SSSR count). The van der Waals surface area contributed by atoms with Crippen molar-refractivity contribution in [1.82, 2.24) is 0 Å². The van der Waals surface area contributed by atoms with Crippen molar-refractivity contribution < 1.29 is 19.4 Å². The van der Waals surface area contributed by atoms with Crippen molar-refractivity contribution in [3.8, 4) is 5.75 Å². The summed E-state index contributed by atoms with van der Waals surface area (Å²) in [6, 6.07) is 10.0. The van der Waals surface area contributed by atoms with Crippen LogP contribution in [0.3, 0.4) is 0 Å². The Hall–Kier alpha value is -2.14. The molecule has 19 heavy (non-hydrogen) atoms. The van der Waals surface area contributed by atoms with E-state index < -0.39 is 17.9 Å². The zero-order valence-electron chi connectivity index (χ0n) is 10.2. The molecule has 0 radical (unpaired) electrons. The molecule has 0 saturated heterocycles. The van der Waals surface area contributed by atoms with Crippen LogP contribution < -0.4 is 9.84 Å². The molecule has 98 valence electrons. The van der Waals surface area contributed by atoms with Gasteiger partial charge in [-0.15, -0.1) is 11.3 Å². The minimum atomic E-state index is -1.46. The van der Waals surface area contributed by atoms with Gasteiger partial charge in [0.05, 0.1) is 5.97 Å². The summed E-state index contributed by atoms with van der Waals surface area (Å²) in [7, 11) is 0. The minimum absolute atomic E-state index is 0.318. The topological polar surface area (TPSA) is 66.4 Å². The third-order valence-electron chi connectivity index (χ3n) is 2.54. The highest BCUT2D eigenvalue weighted by Gasteiger charge is 2.25. The van der Waals surface area contributed by atoms with Crippen LogP contribution in [0.4, 0.5) is 0 Å². The summed E-state index contributed by atoms with van der Waals surface area (Å²) in [5.41, 5.74) is 1.02. The van der Waals surface area contributed by atoms with E-state index in [-0.39, 0.29) is 0 Å². The number of carbonyl (C=O) groups excluding carboxylic acids is 2. The first-order valence-electron chi connectivity index (χ1n) is 5.60. The van der Waals surface area contributed by atoms with Crippen LogP contribution in [0.15, 0.2) is 41.8 Å². The Balaban J connectivity index is 2.17. The number of rotatable bonds is 4. The summed E-state index contributed by atoms with van der Waals surface area (Å²) in [4.78, 5) is 23.4. The molecule has 0 saturated carbocycles. The van der Waals surface area contributed by atoms with E-state index in [4.69, 9.17) is 4.74 Å². The van der Waals surface area contributed by atoms with E-state index in [0.29, 0.717) is 10.6 Å². The lowest BCUT2D eigenvalue weighted by atomic mass is 10.1. The predicted octanol–water partition coefficient (Wildman–Crippen LogP) is 1.50. The second-order valence-electron chi connectivity index (χ2n) is 4.00. The van der Waals surface area contributed by atoms with E-state index in [1.165, 1.54) is 11.3 Å². The van der Waals surface area contributed by atoms with Gasteiger partial charge in [0.1, 0.15) is 11.7 Å². The van der Waals surface area contributed by atoms with Crippen LogP contribution in [0.25, 0.3) is 0 Å². The lowest BCUT2D eigenvalue weighted by Gasteiger charge is -2.15. The SMILES string of the molecule is Cc1ccc(OC(=O)C(C(=O)[O-])c2cccs2)cc1. The number of hydrogen-bond acceptors (Lipinski definition) is 5. The number of aliphatic carboxylic acids is 1. The van der Waals surface area contributed by atoms with Crippen molar-refractivity contribution in [2.75, 3.05) is 0 Å². The monoisotopic (exact) mass is 275 g/mol. The Morgan fingerprint density at radius 3 is 2.42 bits per heavy atom. The number of hydrogen-bond donors (Lipinski definition) is 0. The average Bonchev–Trinajstić information content (AvgIpc) is 2.85. The molecule has 0 amide bonds. The maximum absolute atomic E-state index is 11.9. The molecular weight excluding hydrogens is 264 g/mol. The summed E-state index contributed by atoms with van der Waals surface area (Å²) in [6.07, 6.45) is 0. The van der Waals surface area contributed by atoms with Gasteiger partial charge in [0, 0.05) is 4.88 Å². The number of thiophene rings is 1. The van der Waals surface area contributed by atoms with Gasteiger partial charge in [-0.2, -0.15) is 0 Å². The van der Waals surface area contributed by atoms with Crippen LogP contribution >= 0.6 is 11.3 Å². The molecule has 1 heterocycles. The second-order valence-corrected chi connectivity index (χ2v) is 4.98. The standard InChI is InChI=1S/C14H12O4S/c1-9-4-6-10(7-5-9)18-14(17)12(13(15)16)11-3-2-8-19-11/h2-8,12H,1H3,(H,15,16)/p-1. The zero-order chi connectivity index (χ0) is 13.8. The van der Waals surface area contributed by atoms with Crippen LogP contribution in [-0.4, -0.2) is 11.9 Å². The van der Waals surface area contributed by atoms with Crippen molar-refractivity contribution in [2.45, 2.75) is 12.8 Å².